The average molecular weight is 385 g/mol. The molecule has 3 aromatic heterocycles. The molecule has 0 unspecified atom stereocenters. The van der Waals surface area contributed by atoms with E-state index >= 15 is 0 Å². The molecular weight excluding hydrogens is 360 g/mol. The number of fused-ring (bicyclic) bond motifs is 1. The second-order valence-electron chi connectivity index (χ2n) is 8.15. The van der Waals surface area contributed by atoms with Gasteiger partial charge in [0.05, 0.1) is 11.0 Å². The average Bonchev–Trinajstić information content (AvgIpc) is 3.06. The third kappa shape index (κ3) is 3.73. The lowest BCUT2D eigenvalue weighted by Crippen LogP contribution is -2.26. The first-order chi connectivity index (χ1) is 13.3. The van der Waals surface area contributed by atoms with Crippen molar-refractivity contribution in [3.8, 4) is 11.1 Å². The predicted octanol–water partition coefficient (Wildman–Crippen LogP) is 5.27. The standard InChI is InChI=1S/C22H25F2N3O/c1-15(2)27-14-17(3-4-21(27)28)18-11-20-19(25-12-18)7-10-26(20)13-16-5-8-22(23,24)9-6-16/h3-4,7,10-12,14-16H,5-6,8-9,13H2,1-2H3. The molecule has 0 amide bonds. The Morgan fingerprint density at radius 2 is 1.93 bits per heavy atom. The summed E-state index contributed by atoms with van der Waals surface area (Å²) >= 11 is 0. The summed E-state index contributed by atoms with van der Waals surface area (Å²) in [5, 5.41) is 0. The van der Waals surface area contributed by atoms with Gasteiger partial charge in [0, 0.05) is 55.6 Å². The number of aromatic nitrogens is 3. The van der Waals surface area contributed by atoms with Crippen LogP contribution >= 0.6 is 0 Å². The van der Waals surface area contributed by atoms with E-state index in [0.29, 0.717) is 12.8 Å². The molecule has 6 heteroatoms. The number of nitrogens with zero attached hydrogens (tertiary/aromatic N) is 3. The molecule has 4 rings (SSSR count). The lowest BCUT2D eigenvalue weighted by atomic mass is 9.87. The summed E-state index contributed by atoms with van der Waals surface area (Å²) in [6.45, 7) is 4.69. The largest absolute Gasteiger partial charge is 0.346 e. The molecule has 0 aliphatic heterocycles. The van der Waals surface area contributed by atoms with Crippen molar-refractivity contribution < 1.29 is 8.78 Å². The molecule has 4 nitrogen and oxygen atoms in total. The summed E-state index contributed by atoms with van der Waals surface area (Å²) in [5.74, 6) is -2.23. The summed E-state index contributed by atoms with van der Waals surface area (Å²) in [6.07, 6.45) is 6.75. The SMILES string of the molecule is CC(C)n1cc(-c2cnc3ccn(CC4CCC(F)(F)CC4)c3c2)ccc1=O. The molecule has 0 saturated heterocycles. The van der Waals surface area contributed by atoms with Crippen molar-refractivity contribution >= 4 is 11.0 Å². The van der Waals surface area contributed by atoms with Crippen molar-refractivity contribution in [3.05, 3.63) is 53.2 Å². The number of alkyl halides is 2. The van der Waals surface area contributed by atoms with E-state index in [1.165, 1.54) is 0 Å². The van der Waals surface area contributed by atoms with Gasteiger partial charge in [0.15, 0.2) is 0 Å². The molecule has 148 valence electrons. The van der Waals surface area contributed by atoms with Crippen LogP contribution in [-0.4, -0.2) is 20.0 Å². The van der Waals surface area contributed by atoms with Crippen molar-refractivity contribution in [2.24, 2.45) is 5.92 Å². The summed E-state index contributed by atoms with van der Waals surface area (Å²) in [6, 6.07) is 7.52. The highest BCUT2D eigenvalue weighted by atomic mass is 19.3. The minimum atomic E-state index is -2.50. The molecule has 28 heavy (non-hydrogen) atoms. The highest BCUT2D eigenvalue weighted by molar-refractivity contribution is 5.81. The molecule has 0 atom stereocenters. The fraction of sp³-hybridized carbons (Fsp3) is 0.455. The summed E-state index contributed by atoms with van der Waals surface area (Å²) in [5.41, 5.74) is 3.74. The Morgan fingerprint density at radius 3 is 2.64 bits per heavy atom. The highest BCUT2D eigenvalue weighted by Crippen LogP contribution is 2.37. The van der Waals surface area contributed by atoms with Crippen LogP contribution in [0.4, 0.5) is 8.78 Å². The van der Waals surface area contributed by atoms with Crippen molar-refractivity contribution in [1.29, 1.82) is 0 Å². The minimum absolute atomic E-state index is 0.0168. The molecule has 1 aliphatic rings. The fourth-order valence-corrected chi connectivity index (χ4v) is 4.02. The van der Waals surface area contributed by atoms with Gasteiger partial charge in [0.25, 0.3) is 5.56 Å². The van der Waals surface area contributed by atoms with E-state index in [1.54, 1.807) is 10.6 Å². The molecule has 3 heterocycles. The Bertz CT molecular complexity index is 1040. The van der Waals surface area contributed by atoms with Gasteiger partial charge in [0.1, 0.15) is 0 Å². The second-order valence-corrected chi connectivity index (χ2v) is 8.15. The molecule has 0 radical (unpaired) electrons. The summed E-state index contributed by atoms with van der Waals surface area (Å²) in [7, 11) is 0. The maximum Gasteiger partial charge on any atom is 0.250 e. The van der Waals surface area contributed by atoms with E-state index in [4.69, 9.17) is 0 Å². The van der Waals surface area contributed by atoms with E-state index in [-0.39, 0.29) is 30.4 Å². The van der Waals surface area contributed by atoms with Gasteiger partial charge < -0.3 is 9.13 Å². The Labute approximate surface area is 162 Å². The molecule has 1 saturated carbocycles. The van der Waals surface area contributed by atoms with Gasteiger partial charge in [-0.1, -0.05) is 0 Å². The van der Waals surface area contributed by atoms with Crippen LogP contribution in [0.25, 0.3) is 22.2 Å². The first kappa shape index (κ1) is 18.8. The van der Waals surface area contributed by atoms with Gasteiger partial charge in [-0.2, -0.15) is 0 Å². The van der Waals surface area contributed by atoms with Crippen molar-refractivity contribution in [3.63, 3.8) is 0 Å². The monoisotopic (exact) mass is 385 g/mol. The number of pyridine rings is 2. The zero-order valence-corrected chi connectivity index (χ0v) is 16.2. The Balaban J connectivity index is 1.63. The number of hydrogen-bond donors (Lipinski definition) is 0. The molecule has 0 bridgehead atoms. The van der Waals surface area contributed by atoms with Gasteiger partial charge >= 0.3 is 0 Å². The van der Waals surface area contributed by atoms with Gasteiger partial charge in [-0.05, 0) is 56.4 Å². The fourth-order valence-electron chi connectivity index (χ4n) is 4.02. The third-order valence-corrected chi connectivity index (χ3v) is 5.74. The van der Waals surface area contributed by atoms with E-state index in [0.717, 1.165) is 28.7 Å². The normalized spacial score (nSPS) is 17.5. The lowest BCUT2D eigenvalue weighted by molar-refractivity contribution is -0.0472. The van der Waals surface area contributed by atoms with Crippen molar-refractivity contribution in [1.82, 2.24) is 14.1 Å². The smallest absolute Gasteiger partial charge is 0.250 e. The first-order valence-corrected chi connectivity index (χ1v) is 9.88. The van der Waals surface area contributed by atoms with Gasteiger partial charge in [-0.3, -0.25) is 9.78 Å². The Morgan fingerprint density at radius 1 is 1.18 bits per heavy atom. The number of halogens is 2. The van der Waals surface area contributed by atoms with E-state index in [1.807, 2.05) is 44.6 Å². The third-order valence-electron chi connectivity index (χ3n) is 5.74. The molecule has 0 N–H and O–H groups in total. The lowest BCUT2D eigenvalue weighted by Gasteiger charge is -2.28. The van der Waals surface area contributed by atoms with Gasteiger partial charge in [0.2, 0.25) is 5.92 Å². The van der Waals surface area contributed by atoms with Crippen LogP contribution in [0.2, 0.25) is 0 Å². The predicted molar refractivity (Wildman–Crippen MR) is 107 cm³/mol. The zero-order valence-electron chi connectivity index (χ0n) is 16.2. The molecule has 3 aromatic rings. The van der Waals surface area contributed by atoms with Crippen LogP contribution in [0.5, 0.6) is 0 Å². The summed E-state index contributed by atoms with van der Waals surface area (Å²) in [4.78, 5) is 16.6. The second kappa shape index (κ2) is 7.15. The summed E-state index contributed by atoms with van der Waals surface area (Å²) < 4.78 is 30.7. The number of hydrogen-bond acceptors (Lipinski definition) is 2. The van der Waals surface area contributed by atoms with Crippen LogP contribution in [0.15, 0.2) is 47.7 Å². The van der Waals surface area contributed by atoms with Crippen LogP contribution in [0.1, 0.15) is 45.6 Å². The highest BCUT2D eigenvalue weighted by Gasteiger charge is 2.34. The maximum absolute atomic E-state index is 13.4. The first-order valence-electron chi connectivity index (χ1n) is 9.88. The minimum Gasteiger partial charge on any atom is -0.346 e. The van der Waals surface area contributed by atoms with Crippen LogP contribution < -0.4 is 5.56 Å². The zero-order chi connectivity index (χ0) is 19.9. The van der Waals surface area contributed by atoms with Gasteiger partial charge in [-0.25, -0.2) is 8.78 Å². The molecule has 0 aromatic carbocycles. The molecule has 1 aliphatic carbocycles. The van der Waals surface area contributed by atoms with E-state index in [2.05, 4.69) is 15.6 Å². The van der Waals surface area contributed by atoms with Crippen molar-refractivity contribution in [2.45, 2.75) is 58.0 Å². The quantitative estimate of drug-likeness (QED) is 0.614. The van der Waals surface area contributed by atoms with Crippen LogP contribution in [0.3, 0.4) is 0 Å². The maximum atomic E-state index is 13.4. The molecular formula is C22H25F2N3O. The topological polar surface area (TPSA) is 39.8 Å². The van der Waals surface area contributed by atoms with E-state index in [9.17, 15) is 13.6 Å². The molecule has 0 spiro atoms. The molecule has 1 fully saturated rings. The van der Waals surface area contributed by atoms with Crippen LogP contribution in [0, 0.1) is 5.92 Å². The Kier molecular flexibility index (Phi) is 4.81. The van der Waals surface area contributed by atoms with E-state index < -0.39 is 5.92 Å². The van der Waals surface area contributed by atoms with Crippen LogP contribution in [-0.2, 0) is 6.54 Å². The number of rotatable bonds is 4. The van der Waals surface area contributed by atoms with Crippen molar-refractivity contribution in [2.75, 3.05) is 0 Å². The Hall–Kier alpha value is -2.50. The van der Waals surface area contributed by atoms with Gasteiger partial charge in [-0.15, -0.1) is 0 Å².